The summed E-state index contributed by atoms with van der Waals surface area (Å²) in [5.41, 5.74) is 1.13. The molecule has 0 atom stereocenters. The number of rotatable bonds is 7. The highest BCUT2D eigenvalue weighted by molar-refractivity contribution is 5.40. The molecule has 3 heteroatoms. The minimum atomic E-state index is 0.0833. The zero-order valence-corrected chi connectivity index (χ0v) is 11.2. The highest BCUT2D eigenvalue weighted by Crippen LogP contribution is 2.10. The fourth-order valence-electron chi connectivity index (χ4n) is 1.89. The molecule has 1 rings (SSSR count). The highest BCUT2D eigenvalue weighted by Gasteiger charge is 2.03. The third-order valence-corrected chi connectivity index (χ3v) is 3.20. The van der Waals surface area contributed by atoms with Crippen LogP contribution in [-0.4, -0.2) is 11.1 Å². The molecule has 1 N–H and O–H groups in total. The van der Waals surface area contributed by atoms with Gasteiger partial charge in [-0.1, -0.05) is 33.6 Å². The van der Waals surface area contributed by atoms with Crippen LogP contribution < -0.4 is 10.9 Å². The molecule has 0 unspecified atom stereocenters. The van der Waals surface area contributed by atoms with E-state index in [9.17, 15) is 4.79 Å². The SMILES string of the molecule is CCCn1cc(NCC(CC)CC)ccc1=O. The third-order valence-electron chi connectivity index (χ3n) is 3.20. The summed E-state index contributed by atoms with van der Waals surface area (Å²) >= 11 is 0. The largest absolute Gasteiger partial charge is 0.384 e. The van der Waals surface area contributed by atoms with Gasteiger partial charge >= 0.3 is 0 Å². The fourth-order valence-corrected chi connectivity index (χ4v) is 1.89. The molecule has 0 aromatic carbocycles. The number of aromatic nitrogens is 1. The summed E-state index contributed by atoms with van der Waals surface area (Å²) in [5.74, 6) is 0.710. The number of hydrogen-bond donors (Lipinski definition) is 1. The third kappa shape index (κ3) is 4.25. The van der Waals surface area contributed by atoms with E-state index in [4.69, 9.17) is 0 Å². The average molecular weight is 236 g/mol. The molecule has 0 aliphatic heterocycles. The molecule has 3 nitrogen and oxygen atoms in total. The molecule has 0 saturated heterocycles. The minimum absolute atomic E-state index is 0.0833. The minimum Gasteiger partial charge on any atom is -0.384 e. The van der Waals surface area contributed by atoms with Gasteiger partial charge in [0, 0.05) is 25.4 Å². The second-order valence-electron chi connectivity index (χ2n) is 4.51. The number of hydrogen-bond acceptors (Lipinski definition) is 2. The molecular weight excluding hydrogens is 212 g/mol. The van der Waals surface area contributed by atoms with Crippen LogP contribution in [0.15, 0.2) is 23.1 Å². The lowest BCUT2D eigenvalue weighted by molar-refractivity contribution is 0.518. The van der Waals surface area contributed by atoms with Gasteiger partial charge in [0.05, 0.1) is 5.69 Å². The first-order valence-electron chi connectivity index (χ1n) is 6.65. The molecule has 0 aliphatic carbocycles. The van der Waals surface area contributed by atoms with Crippen molar-refractivity contribution < 1.29 is 0 Å². The Morgan fingerprint density at radius 1 is 1.24 bits per heavy atom. The highest BCUT2D eigenvalue weighted by atomic mass is 16.1. The number of nitrogens with zero attached hydrogens (tertiary/aromatic N) is 1. The molecule has 1 aromatic rings. The van der Waals surface area contributed by atoms with Crippen LogP contribution in [0, 0.1) is 5.92 Å². The molecule has 17 heavy (non-hydrogen) atoms. The Bertz CT molecular complexity index is 380. The summed E-state index contributed by atoms with van der Waals surface area (Å²) in [5, 5.41) is 3.41. The van der Waals surface area contributed by atoms with Crippen LogP contribution in [0.3, 0.4) is 0 Å². The maximum absolute atomic E-state index is 11.5. The first kappa shape index (κ1) is 13.8. The van der Waals surface area contributed by atoms with Gasteiger partial charge in [0.1, 0.15) is 0 Å². The van der Waals surface area contributed by atoms with Crippen molar-refractivity contribution in [3.8, 4) is 0 Å². The summed E-state index contributed by atoms with van der Waals surface area (Å²) in [6.45, 7) is 8.29. The molecular formula is C14H24N2O. The smallest absolute Gasteiger partial charge is 0.250 e. The van der Waals surface area contributed by atoms with Crippen LogP contribution >= 0.6 is 0 Å². The maximum Gasteiger partial charge on any atom is 0.250 e. The predicted molar refractivity (Wildman–Crippen MR) is 73.6 cm³/mol. The Labute approximate surface area is 104 Å². The van der Waals surface area contributed by atoms with Crippen LogP contribution in [0.1, 0.15) is 40.0 Å². The lowest BCUT2D eigenvalue weighted by Gasteiger charge is -2.15. The van der Waals surface area contributed by atoms with E-state index in [1.807, 2.05) is 12.3 Å². The zero-order chi connectivity index (χ0) is 12.7. The van der Waals surface area contributed by atoms with Crippen molar-refractivity contribution in [1.29, 1.82) is 0 Å². The van der Waals surface area contributed by atoms with Gasteiger partial charge in [-0.05, 0) is 18.4 Å². The van der Waals surface area contributed by atoms with Crippen LogP contribution in [0.4, 0.5) is 5.69 Å². The maximum atomic E-state index is 11.5. The van der Waals surface area contributed by atoms with Crippen molar-refractivity contribution in [2.24, 2.45) is 5.92 Å². The predicted octanol–water partition coefficient (Wildman–Crippen LogP) is 3.11. The van der Waals surface area contributed by atoms with E-state index < -0.39 is 0 Å². The van der Waals surface area contributed by atoms with E-state index >= 15 is 0 Å². The second kappa shape index (κ2) is 7.15. The van der Waals surface area contributed by atoms with Crippen molar-refractivity contribution >= 4 is 5.69 Å². The van der Waals surface area contributed by atoms with E-state index in [2.05, 4.69) is 26.1 Å². The molecule has 0 aliphatic rings. The van der Waals surface area contributed by atoms with E-state index in [1.165, 1.54) is 12.8 Å². The van der Waals surface area contributed by atoms with Gasteiger partial charge in [-0.2, -0.15) is 0 Å². The molecule has 0 saturated carbocycles. The molecule has 0 amide bonds. The van der Waals surface area contributed by atoms with Gasteiger partial charge in [-0.3, -0.25) is 4.79 Å². The normalized spacial score (nSPS) is 10.8. The number of aryl methyl sites for hydroxylation is 1. The van der Waals surface area contributed by atoms with Crippen molar-refractivity contribution in [3.05, 3.63) is 28.7 Å². The van der Waals surface area contributed by atoms with Crippen LogP contribution in [0.5, 0.6) is 0 Å². The number of anilines is 1. The van der Waals surface area contributed by atoms with Gasteiger partial charge < -0.3 is 9.88 Å². The summed E-state index contributed by atoms with van der Waals surface area (Å²) in [7, 11) is 0. The van der Waals surface area contributed by atoms with Crippen LogP contribution in [0.2, 0.25) is 0 Å². The van der Waals surface area contributed by atoms with Crippen molar-refractivity contribution in [1.82, 2.24) is 4.57 Å². The average Bonchev–Trinajstić information content (AvgIpc) is 2.34. The summed E-state index contributed by atoms with van der Waals surface area (Å²) in [6, 6.07) is 3.52. The van der Waals surface area contributed by atoms with Crippen LogP contribution in [0.25, 0.3) is 0 Å². The van der Waals surface area contributed by atoms with Gasteiger partial charge in [-0.25, -0.2) is 0 Å². The molecule has 0 fully saturated rings. The monoisotopic (exact) mass is 236 g/mol. The first-order chi connectivity index (χ1) is 8.21. The molecule has 1 heterocycles. The molecule has 1 aromatic heterocycles. The lowest BCUT2D eigenvalue weighted by Crippen LogP contribution is -2.20. The topological polar surface area (TPSA) is 34.0 Å². The van der Waals surface area contributed by atoms with Crippen molar-refractivity contribution in [3.63, 3.8) is 0 Å². The Hall–Kier alpha value is -1.25. The van der Waals surface area contributed by atoms with Crippen LogP contribution in [-0.2, 0) is 6.54 Å². The standard InChI is InChI=1S/C14H24N2O/c1-4-9-16-11-13(7-8-14(16)17)15-10-12(5-2)6-3/h7-8,11-12,15H,4-6,9-10H2,1-3H3. The molecule has 0 bridgehead atoms. The molecule has 96 valence electrons. The zero-order valence-electron chi connectivity index (χ0n) is 11.2. The Balaban J connectivity index is 2.65. The molecule has 0 radical (unpaired) electrons. The van der Waals surface area contributed by atoms with E-state index in [0.717, 1.165) is 25.2 Å². The lowest BCUT2D eigenvalue weighted by atomic mass is 10.0. The number of pyridine rings is 1. The summed E-state index contributed by atoms with van der Waals surface area (Å²) in [6.07, 6.45) is 5.29. The van der Waals surface area contributed by atoms with Gasteiger partial charge in [-0.15, -0.1) is 0 Å². The molecule has 0 spiro atoms. The Kier molecular flexibility index (Phi) is 5.81. The Morgan fingerprint density at radius 3 is 2.53 bits per heavy atom. The quantitative estimate of drug-likeness (QED) is 0.789. The van der Waals surface area contributed by atoms with E-state index in [-0.39, 0.29) is 5.56 Å². The van der Waals surface area contributed by atoms with Crippen molar-refractivity contribution in [2.45, 2.75) is 46.6 Å². The summed E-state index contributed by atoms with van der Waals surface area (Å²) < 4.78 is 1.77. The van der Waals surface area contributed by atoms with Gasteiger partial charge in [0.2, 0.25) is 0 Å². The van der Waals surface area contributed by atoms with Gasteiger partial charge in [0.15, 0.2) is 0 Å². The first-order valence-corrected chi connectivity index (χ1v) is 6.65. The fraction of sp³-hybridized carbons (Fsp3) is 0.643. The van der Waals surface area contributed by atoms with E-state index in [0.29, 0.717) is 5.92 Å². The van der Waals surface area contributed by atoms with Gasteiger partial charge in [0.25, 0.3) is 5.56 Å². The second-order valence-corrected chi connectivity index (χ2v) is 4.51. The summed E-state index contributed by atoms with van der Waals surface area (Å²) in [4.78, 5) is 11.5. The Morgan fingerprint density at radius 2 is 1.94 bits per heavy atom. The number of nitrogens with one attached hydrogen (secondary N) is 1. The van der Waals surface area contributed by atoms with Crippen molar-refractivity contribution in [2.75, 3.05) is 11.9 Å². The van der Waals surface area contributed by atoms with E-state index in [1.54, 1.807) is 10.6 Å².